The maximum atomic E-state index is 10.1. The zero-order valence-corrected chi connectivity index (χ0v) is 20.6. The molecule has 1 saturated carbocycles. The van der Waals surface area contributed by atoms with Crippen molar-refractivity contribution in [3.8, 4) is 23.0 Å². The number of aliphatic imine (C=N–C) groups is 1. The number of benzene rings is 2. The van der Waals surface area contributed by atoms with Gasteiger partial charge in [0.25, 0.3) is 0 Å². The first kappa shape index (κ1) is 24.9. The van der Waals surface area contributed by atoms with E-state index < -0.39 is 0 Å². The molecule has 1 aliphatic rings. The van der Waals surface area contributed by atoms with Gasteiger partial charge in [-0.15, -0.1) is 24.0 Å². The first-order valence-corrected chi connectivity index (χ1v) is 10.3. The molecule has 7 nitrogen and oxygen atoms in total. The highest BCUT2D eigenvalue weighted by Crippen LogP contribution is 2.30. The van der Waals surface area contributed by atoms with E-state index in [0.29, 0.717) is 24.8 Å². The van der Waals surface area contributed by atoms with Crippen molar-refractivity contribution in [2.45, 2.75) is 44.9 Å². The van der Waals surface area contributed by atoms with Crippen molar-refractivity contribution in [2.24, 2.45) is 4.99 Å². The molecule has 0 amide bonds. The maximum Gasteiger partial charge on any atom is 0.191 e. The Labute approximate surface area is 201 Å². The topological polar surface area (TPSA) is 84.3 Å². The first-order valence-electron chi connectivity index (χ1n) is 10.3. The van der Waals surface area contributed by atoms with Crippen molar-refractivity contribution in [1.29, 1.82) is 0 Å². The van der Waals surface area contributed by atoms with Crippen LogP contribution in [0.2, 0.25) is 0 Å². The van der Waals surface area contributed by atoms with Gasteiger partial charge in [0.15, 0.2) is 5.96 Å². The number of phenolic OH excluding ortho intramolecular Hbond substituents is 1. The van der Waals surface area contributed by atoms with Crippen LogP contribution in [0.1, 0.15) is 36.8 Å². The fraction of sp³-hybridized carbons (Fsp3) is 0.435. The number of guanidine groups is 1. The smallest absolute Gasteiger partial charge is 0.191 e. The second kappa shape index (κ2) is 12.5. The summed E-state index contributed by atoms with van der Waals surface area (Å²) >= 11 is 0. The van der Waals surface area contributed by atoms with Crippen LogP contribution >= 0.6 is 24.0 Å². The minimum absolute atomic E-state index is 0. The van der Waals surface area contributed by atoms with E-state index in [4.69, 9.17) is 14.2 Å². The lowest BCUT2D eigenvalue weighted by atomic mass is 10.1. The zero-order chi connectivity index (χ0) is 21.3. The molecule has 0 saturated heterocycles. The van der Waals surface area contributed by atoms with Crippen LogP contribution in [0.4, 0.5) is 0 Å². The van der Waals surface area contributed by atoms with Gasteiger partial charge in [-0.2, -0.15) is 0 Å². The molecule has 0 heterocycles. The van der Waals surface area contributed by atoms with Gasteiger partial charge in [0.1, 0.15) is 23.0 Å². The fourth-order valence-electron chi connectivity index (χ4n) is 3.51. The maximum absolute atomic E-state index is 10.1. The number of rotatable bonds is 8. The van der Waals surface area contributed by atoms with Crippen LogP contribution in [0.15, 0.2) is 41.4 Å². The Morgan fingerprint density at radius 3 is 2.23 bits per heavy atom. The highest BCUT2D eigenvalue weighted by molar-refractivity contribution is 14.0. The number of halogens is 1. The molecule has 1 fully saturated rings. The van der Waals surface area contributed by atoms with Gasteiger partial charge in [0, 0.05) is 37.3 Å². The summed E-state index contributed by atoms with van der Waals surface area (Å²) in [6, 6.07) is 11.0. The molecule has 0 aromatic heterocycles. The van der Waals surface area contributed by atoms with Crippen LogP contribution in [-0.2, 0) is 13.1 Å². The van der Waals surface area contributed by atoms with E-state index in [1.54, 1.807) is 39.5 Å². The summed E-state index contributed by atoms with van der Waals surface area (Å²) in [4.78, 5) is 4.27. The van der Waals surface area contributed by atoms with Gasteiger partial charge in [-0.25, -0.2) is 0 Å². The minimum atomic E-state index is 0. The molecule has 0 atom stereocenters. The third kappa shape index (κ3) is 7.09. The van der Waals surface area contributed by atoms with Crippen LogP contribution in [0.3, 0.4) is 0 Å². The summed E-state index contributed by atoms with van der Waals surface area (Å²) in [6.07, 6.45) is 4.89. The second-order valence-electron chi connectivity index (χ2n) is 7.27. The Morgan fingerprint density at radius 1 is 0.968 bits per heavy atom. The zero-order valence-electron chi connectivity index (χ0n) is 18.3. The van der Waals surface area contributed by atoms with Crippen LogP contribution in [0.5, 0.6) is 23.0 Å². The molecule has 3 N–H and O–H groups in total. The van der Waals surface area contributed by atoms with Crippen LogP contribution in [0.25, 0.3) is 0 Å². The number of nitrogens with one attached hydrogen (secondary N) is 2. The van der Waals surface area contributed by atoms with Crippen molar-refractivity contribution in [3.63, 3.8) is 0 Å². The fourth-order valence-corrected chi connectivity index (χ4v) is 3.51. The summed E-state index contributed by atoms with van der Waals surface area (Å²) in [6.45, 7) is 0.965. The van der Waals surface area contributed by atoms with Gasteiger partial charge in [0.05, 0.1) is 20.3 Å². The average Bonchev–Trinajstić information content (AvgIpc) is 3.28. The molecule has 3 rings (SSSR count). The number of ether oxygens (including phenoxy) is 3. The first-order chi connectivity index (χ1) is 14.6. The third-order valence-corrected chi connectivity index (χ3v) is 5.27. The molecule has 170 valence electrons. The number of methoxy groups -OCH3 is 2. The number of hydrogen-bond acceptors (Lipinski definition) is 5. The summed E-state index contributed by atoms with van der Waals surface area (Å²) in [5, 5.41) is 16.6. The molecule has 1 aliphatic carbocycles. The lowest BCUT2D eigenvalue weighted by Gasteiger charge is -2.19. The predicted molar refractivity (Wildman–Crippen MR) is 133 cm³/mol. The predicted octanol–water partition coefficient (Wildman–Crippen LogP) is 4.21. The van der Waals surface area contributed by atoms with E-state index in [9.17, 15) is 5.11 Å². The molecule has 0 radical (unpaired) electrons. The van der Waals surface area contributed by atoms with Gasteiger partial charge in [0.2, 0.25) is 0 Å². The Hall–Kier alpha value is -2.36. The lowest BCUT2D eigenvalue weighted by molar-refractivity contribution is 0.207. The van der Waals surface area contributed by atoms with Crippen molar-refractivity contribution in [2.75, 3.05) is 21.3 Å². The normalized spacial score (nSPS) is 14.0. The number of aromatic hydroxyl groups is 1. The SMILES string of the molecule is CN=C(NCc1cc(OC)ccc1O)NCc1ccc(OC)cc1OC1CCCC1.I. The van der Waals surface area contributed by atoms with Crippen molar-refractivity contribution in [3.05, 3.63) is 47.5 Å². The van der Waals surface area contributed by atoms with Crippen molar-refractivity contribution in [1.82, 2.24) is 10.6 Å². The molecule has 0 bridgehead atoms. The summed E-state index contributed by atoms with van der Waals surface area (Å²) in [5.74, 6) is 3.15. The van der Waals surface area contributed by atoms with E-state index >= 15 is 0 Å². The third-order valence-electron chi connectivity index (χ3n) is 5.27. The van der Waals surface area contributed by atoms with Gasteiger partial charge in [-0.1, -0.05) is 0 Å². The number of phenols is 1. The number of nitrogens with zero attached hydrogens (tertiary/aromatic N) is 1. The molecular formula is C23H32IN3O4. The summed E-state index contributed by atoms with van der Waals surface area (Å²) in [5.41, 5.74) is 1.77. The molecule has 31 heavy (non-hydrogen) atoms. The molecular weight excluding hydrogens is 509 g/mol. The van der Waals surface area contributed by atoms with Crippen molar-refractivity contribution >= 4 is 29.9 Å². The molecule has 0 unspecified atom stereocenters. The Morgan fingerprint density at radius 2 is 1.58 bits per heavy atom. The standard InChI is InChI=1S/C23H31N3O4.HI/c1-24-23(26-15-17-12-19(28-2)10-11-21(17)27)25-14-16-8-9-20(29-3)13-22(16)30-18-6-4-5-7-18;/h8-13,18,27H,4-7,14-15H2,1-3H3,(H2,24,25,26);1H. The van der Waals surface area contributed by atoms with Crippen LogP contribution in [-0.4, -0.2) is 38.4 Å². The molecule has 0 aliphatic heterocycles. The Balaban J connectivity index is 0.00000341. The van der Waals surface area contributed by atoms with E-state index in [0.717, 1.165) is 35.5 Å². The van der Waals surface area contributed by atoms with E-state index in [-0.39, 0.29) is 35.8 Å². The number of hydrogen-bond donors (Lipinski definition) is 3. The minimum Gasteiger partial charge on any atom is -0.508 e. The van der Waals surface area contributed by atoms with E-state index in [1.807, 2.05) is 18.2 Å². The molecule has 2 aromatic carbocycles. The van der Waals surface area contributed by atoms with Gasteiger partial charge < -0.3 is 30.0 Å². The lowest BCUT2D eigenvalue weighted by Crippen LogP contribution is -2.36. The van der Waals surface area contributed by atoms with Gasteiger partial charge in [-0.05, 0) is 56.0 Å². The van der Waals surface area contributed by atoms with E-state index in [1.165, 1.54) is 12.8 Å². The molecule has 8 heteroatoms. The summed E-state index contributed by atoms with van der Waals surface area (Å²) in [7, 11) is 4.97. The summed E-state index contributed by atoms with van der Waals surface area (Å²) < 4.78 is 16.9. The molecule has 0 spiro atoms. The van der Waals surface area contributed by atoms with Gasteiger partial charge in [-0.3, -0.25) is 4.99 Å². The highest BCUT2D eigenvalue weighted by Gasteiger charge is 2.18. The second-order valence-corrected chi connectivity index (χ2v) is 7.27. The van der Waals surface area contributed by atoms with Gasteiger partial charge >= 0.3 is 0 Å². The highest BCUT2D eigenvalue weighted by atomic mass is 127. The Bertz CT molecular complexity index is 870. The molecule has 2 aromatic rings. The monoisotopic (exact) mass is 541 g/mol. The largest absolute Gasteiger partial charge is 0.508 e. The quantitative estimate of drug-likeness (QED) is 0.264. The van der Waals surface area contributed by atoms with E-state index in [2.05, 4.69) is 15.6 Å². The van der Waals surface area contributed by atoms with Crippen LogP contribution < -0.4 is 24.8 Å². The van der Waals surface area contributed by atoms with Crippen LogP contribution in [0, 0.1) is 0 Å². The average molecular weight is 541 g/mol. The van der Waals surface area contributed by atoms with Crippen molar-refractivity contribution < 1.29 is 19.3 Å². The Kier molecular flexibility index (Phi) is 10.0.